The highest BCUT2D eigenvalue weighted by molar-refractivity contribution is 5.89. The Labute approximate surface area is 150 Å². The molecule has 4 fully saturated rings. The quantitative estimate of drug-likeness (QED) is 0.846. The van der Waals surface area contributed by atoms with E-state index in [1.807, 2.05) is 0 Å². The van der Waals surface area contributed by atoms with Gasteiger partial charge in [-0.25, -0.2) is 0 Å². The molecule has 0 aromatic heterocycles. The minimum Gasteiger partial charge on any atom is -0.379 e. The number of hydrogen-bond donors (Lipinski definition) is 1. The molecular formula is C20H32N2O3. The molecule has 2 bridgehead atoms. The molecule has 0 radical (unpaired) electrons. The van der Waals surface area contributed by atoms with Crippen molar-refractivity contribution in [1.29, 1.82) is 0 Å². The Morgan fingerprint density at radius 3 is 2.36 bits per heavy atom. The van der Waals surface area contributed by atoms with E-state index in [1.165, 1.54) is 25.7 Å². The van der Waals surface area contributed by atoms with Gasteiger partial charge in [0.2, 0.25) is 5.91 Å². The van der Waals surface area contributed by atoms with Gasteiger partial charge in [0.15, 0.2) is 0 Å². The van der Waals surface area contributed by atoms with Crippen molar-refractivity contribution < 1.29 is 14.3 Å². The third-order valence-electron chi connectivity index (χ3n) is 7.45. The van der Waals surface area contributed by atoms with Crippen LogP contribution in [-0.4, -0.2) is 54.5 Å². The lowest BCUT2D eigenvalue weighted by Gasteiger charge is -2.47. The number of hydrogen-bond acceptors (Lipinski definition) is 4. The predicted molar refractivity (Wildman–Crippen MR) is 95.1 cm³/mol. The predicted octanol–water partition coefficient (Wildman–Crippen LogP) is 2.14. The summed E-state index contributed by atoms with van der Waals surface area (Å²) >= 11 is 0. The van der Waals surface area contributed by atoms with Crippen molar-refractivity contribution in [2.24, 2.45) is 17.8 Å². The molecule has 1 saturated heterocycles. The van der Waals surface area contributed by atoms with Crippen LogP contribution in [-0.2, 0) is 14.3 Å². The first-order valence-corrected chi connectivity index (χ1v) is 10.3. The van der Waals surface area contributed by atoms with Crippen molar-refractivity contribution in [1.82, 2.24) is 10.2 Å². The van der Waals surface area contributed by atoms with Crippen LogP contribution in [0.15, 0.2) is 0 Å². The van der Waals surface area contributed by atoms with Gasteiger partial charge in [-0.3, -0.25) is 14.5 Å². The van der Waals surface area contributed by atoms with Crippen LogP contribution in [0.1, 0.15) is 58.3 Å². The number of amides is 1. The van der Waals surface area contributed by atoms with E-state index in [-0.39, 0.29) is 35.2 Å². The van der Waals surface area contributed by atoms with Gasteiger partial charge in [-0.15, -0.1) is 0 Å². The summed E-state index contributed by atoms with van der Waals surface area (Å²) in [5.74, 6) is 0.976. The number of ketones is 1. The van der Waals surface area contributed by atoms with Gasteiger partial charge in [-0.2, -0.15) is 0 Å². The lowest BCUT2D eigenvalue weighted by Crippen LogP contribution is -2.62. The molecule has 1 heterocycles. The molecule has 3 atom stereocenters. The Morgan fingerprint density at radius 2 is 1.76 bits per heavy atom. The van der Waals surface area contributed by atoms with E-state index in [0.717, 1.165) is 52.0 Å². The molecule has 0 aromatic rings. The number of fused-ring (bicyclic) bond motifs is 2. The first kappa shape index (κ1) is 17.5. The van der Waals surface area contributed by atoms with Gasteiger partial charge in [0.25, 0.3) is 0 Å². The molecule has 5 nitrogen and oxygen atoms in total. The molecule has 1 N–H and O–H groups in total. The lowest BCUT2D eigenvalue weighted by molar-refractivity contribution is -0.133. The fraction of sp³-hybridized carbons (Fsp3) is 0.900. The van der Waals surface area contributed by atoms with E-state index in [0.29, 0.717) is 5.78 Å². The van der Waals surface area contributed by atoms with Crippen molar-refractivity contribution >= 4 is 11.7 Å². The average molecular weight is 348 g/mol. The van der Waals surface area contributed by atoms with Gasteiger partial charge < -0.3 is 10.1 Å². The van der Waals surface area contributed by atoms with E-state index in [1.54, 1.807) is 0 Å². The van der Waals surface area contributed by atoms with Gasteiger partial charge in [-0.05, 0) is 45.4 Å². The maximum absolute atomic E-state index is 13.0. The molecule has 1 amide bonds. The van der Waals surface area contributed by atoms with Crippen LogP contribution in [0.2, 0.25) is 0 Å². The molecule has 5 heteroatoms. The lowest BCUT2D eigenvalue weighted by atomic mass is 9.79. The standard InChI is InChI=1S/C20H32N2O3/c1-14(20(6-2-3-7-20)22-8-10-25-11-9-22)21-19(24)17-12-15-4-5-16(13-17)18(15)23/h14-17H,2-13H2,1H3,(H,21,24). The summed E-state index contributed by atoms with van der Waals surface area (Å²) in [6.45, 7) is 5.75. The van der Waals surface area contributed by atoms with Gasteiger partial charge >= 0.3 is 0 Å². The van der Waals surface area contributed by atoms with E-state index >= 15 is 0 Å². The molecule has 4 rings (SSSR count). The third kappa shape index (κ3) is 3.14. The molecular weight excluding hydrogens is 316 g/mol. The van der Waals surface area contributed by atoms with Gasteiger partial charge in [0, 0.05) is 42.4 Å². The molecule has 3 aliphatic carbocycles. The second-order valence-corrected chi connectivity index (χ2v) is 8.68. The Balaban J connectivity index is 1.42. The Kier molecular flexibility index (Phi) is 4.89. The summed E-state index contributed by atoms with van der Waals surface area (Å²) in [5.41, 5.74) is 0.100. The Hall–Kier alpha value is -0.940. The zero-order valence-electron chi connectivity index (χ0n) is 15.5. The first-order chi connectivity index (χ1) is 12.1. The maximum Gasteiger partial charge on any atom is 0.223 e. The summed E-state index contributed by atoms with van der Waals surface area (Å²) in [5, 5.41) is 3.38. The van der Waals surface area contributed by atoms with E-state index in [9.17, 15) is 9.59 Å². The first-order valence-electron chi connectivity index (χ1n) is 10.3. The van der Waals surface area contributed by atoms with Crippen LogP contribution in [0.4, 0.5) is 0 Å². The SMILES string of the molecule is CC(NC(=O)C1CC2CCC(C1)C2=O)C1(N2CCOCC2)CCCC1. The van der Waals surface area contributed by atoms with E-state index in [2.05, 4.69) is 17.1 Å². The summed E-state index contributed by atoms with van der Waals surface area (Å²) in [6.07, 6.45) is 8.39. The highest BCUT2D eigenvalue weighted by Crippen LogP contribution is 2.43. The van der Waals surface area contributed by atoms with Crippen LogP contribution in [0.25, 0.3) is 0 Å². The van der Waals surface area contributed by atoms with Crippen LogP contribution < -0.4 is 5.32 Å². The van der Waals surface area contributed by atoms with Crippen molar-refractivity contribution in [2.75, 3.05) is 26.3 Å². The molecule has 0 spiro atoms. The fourth-order valence-electron chi connectivity index (χ4n) is 5.97. The number of rotatable bonds is 4. The van der Waals surface area contributed by atoms with Crippen LogP contribution in [0.3, 0.4) is 0 Å². The van der Waals surface area contributed by atoms with Crippen LogP contribution in [0, 0.1) is 17.8 Å². The van der Waals surface area contributed by atoms with Gasteiger partial charge in [-0.1, -0.05) is 12.8 Å². The Morgan fingerprint density at radius 1 is 1.16 bits per heavy atom. The largest absolute Gasteiger partial charge is 0.379 e. The molecule has 3 unspecified atom stereocenters. The monoisotopic (exact) mass is 348 g/mol. The second-order valence-electron chi connectivity index (χ2n) is 8.68. The number of Topliss-reactive ketones (excluding diaryl/α,β-unsaturated/α-hetero) is 1. The average Bonchev–Trinajstić information content (AvgIpc) is 3.18. The zero-order chi connectivity index (χ0) is 17.4. The van der Waals surface area contributed by atoms with Crippen LogP contribution in [0.5, 0.6) is 0 Å². The number of carbonyl (C=O) groups excluding carboxylic acids is 2. The second kappa shape index (κ2) is 6.99. The number of nitrogens with zero attached hydrogens (tertiary/aromatic N) is 1. The molecule has 140 valence electrons. The molecule has 3 saturated carbocycles. The summed E-state index contributed by atoms with van der Waals surface area (Å²) < 4.78 is 5.54. The number of nitrogens with one attached hydrogen (secondary N) is 1. The number of carbonyl (C=O) groups is 2. The highest BCUT2D eigenvalue weighted by atomic mass is 16.5. The van der Waals surface area contributed by atoms with Crippen molar-refractivity contribution in [3.63, 3.8) is 0 Å². The normalized spacial score (nSPS) is 36.4. The van der Waals surface area contributed by atoms with Crippen LogP contribution >= 0.6 is 0 Å². The minimum absolute atomic E-state index is 0.0424. The zero-order valence-corrected chi connectivity index (χ0v) is 15.5. The smallest absolute Gasteiger partial charge is 0.223 e. The fourth-order valence-corrected chi connectivity index (χ4v) is 5.97. The number of morpholine rings is 1. The van der Waals surface area contributed by atoms with Crippen molar-refractivity contribution in [2.45, 2.75) is 69.9 Å². The van der Waals surface area contributed by atoms with E-state index < -0.39 is 0 Å². The topological polar surface area (TPSA) is 58.6 Å². The summed E-state index contributed by atoms with van der Waals surface area (Å²) in [6, 6.07) is 0.163. The summed E-state index contributed by atoms with van der Waals surface area (Å²) in [7, 11) is 0. The maximum atomic E-state index is 13.0. The Bertz CT molecular complexity index is 507. The molecule has 25 heavy (non-hydrogen) atoms. The number of ether oxygens (including phenoxy) is 1. The van der Waals surface area contributed by atoms with Gasteiger partial charge in [0.05, 0.1) is 13.2 Å². The molecule has 0 aromatic carbocycles. The summed E-state index contributed by atoms with van der Waals surface area (Å²) in [4.78, 5) is 27.6. The van der Waals surface area contributed by atoms with Gasteiger partial charge in [0.1, 0.15) is 5.78 Å². The third-order valence-corrected chi connectivity index (χ3v) is 7.45. The molecule has 4 aliphatic rings. The highest BCUT2D eigenvalue weighted by Gasteiger charge is 2.47. The van der Waals surface area contributed by atoms with E-state index in [4.69, 9.17) is 4.74 Å². The van der Waals surface area contributed by atoms with Crippen molar-refractivity contribution in [3.05, 3.63) is 0 Å². The minimum atomic E-state index is 0.0424. The van der Waals surface area contributed by atoms with Crippen molar-refractivity contribution in [3.8, 4) is 0 Å². The molecule has 1 aliphatic heterocycles.